The smallest absolute Gasteiger partial charge is 0.229 e. The molecule has 5 heteroatoms. The van der Waals surface area contributed by atoms with Gasteiger partial charge in [0, 0.05) is 59.6 Å². The number of benzene rings is 3. The summed E-state index contributed by atoms with van der Waals surface area (Å²) in [6, 6.07) is 22.7. The maximum absolute atomic E-state index is 13.2. The average molecular weight is 432 g/mol. The van der Waals surface area contributed by atoms with Crippen molar-refractivity contribution in [3.8, 4) is 0 Å². The maximum Gasteiger partial charge on any atom is 0.229 e. The molecular formula is C26H26ClN3O. The molecule has 31 heavy (non-hydrogen) atoms. The van der Waals surface area contributed by atoms with Gasteiger partial charge in [0.05, 0.1) is 5.92 Å². The largest absolute Gasteiger partial charge is 0.355 e. The third-order valence-electron chi connectivity index (χ3n) is 6.39. The Kier molecular flexibility index (Phi) is 5.43. The second kappa shape index (κ2) is 8.37. The zero-order valence-electron chi connectivity index (χ0n) is 17.6. The first kappa shape index (κ1) is 20.1. The van der Waals surface area contributed by atoms with Gasteiger partial charge in [-0.1, -0.05) is 54.1 Å². The Morgan fingerprint density at radius 3 is 2.48 bits per heavy atom. The van der Waals surface area contributed by atoms with Gasteiger partial charge in [0.2, 0.25) is 5.91 Å². The normalized spacial score (nSPS) is 16.1. The third kappa shape index (κ3) is 4.06. The molecule has 2 heterocycles. The van der Waals surface area contributed by atoms with E-state index in [4.69, 9.17) is 11.6 Å². The molecule has 0 aliphatic carbocycles. The van der Waals surface area contributed by atoms with Gasteiger partial charge in [-0.05, 0) is 42.3 Å². The molecule has 0 unspecified atom stereocenters. The molecule has 4 aromatic rings. The van der Waals surface area contributed by atoms with E-state index in [2.05, 4.69) is 52.3 Å². The van der Waals surface area contributed by atoms with Gasteiger partial charge in [0.1, 0.15) is 0 Å². The van der Waals surface area contributed by atoms with E-state index in [1.165, 1.54) is 5.56 Å². The fourth-order valence-electron chi connectivity index (χ4n) is 4.55. The molecule has 1 aromatic heterocycles. The summed E-state index contributed by atoms with van der Waals surface area (Å²) in [5.41, 5.74) is 4.47. The first-order valence-electron chi connectivity index (χ1n) is 10.8. The number of nitrogens with one attached hydrogen (secondary N) is 1. The first-order valence-corrected chi connectivity index (χ1v) is 11.2. The lowest BCUT2D eigenvalue weighted by atomic mass is 9.97. The molecule has 1 amide bonds. The number of carbonyl (C=O) groups is 1. The predicted molar refractivity (Wildman–Crippen MR) is 128 cm³/mol. The van der Waals surface area contributed by atoms with Crippen LogP contribution >= 0.6 is 11.6 Å². The second-order valence-corrected chi connectivity index (χ2v) is 8.87. The molecule has 3 aromatic carbocycles. The standard InChI is InChI=1S/C26H26ClN3O/c1-18(20-7-9-22-23-16-21(27)8-10-24(23)28-25(22)15-20)26(31)30-13-11-29(12-14-30)17-19-5-3-2-4-6-19/h2-10,15-16,18,28H,11-14,17H2,1H3/t18-/m0/s1. The summed E-state index contributed by atoms with van der Waals surface area (Å²) in [4.78, 5) is 21.1. The Morgan fingerprint density at radius 1 is 0.935 bits per heavy atom. The lowest BCUT2D eigenvalue weighted by molar-refractivity contribution is -0.134. The van der Waals surface area contributed by atoms with E-state index in [0.717, 1.165) is 65.1 Å². The summed E-state index contributed by atoms with van der Waals surface area (Å²) in [6.45, 7) is 6.34. The highest BCUT2D eigenvalue weighted by molar-refractivity contribution is 6.31. The summed E-state index contributed by atoms with van der Waals surface area (Å²) in [7, 11) is 0. The summed E-state index contributed by atoms with van der Waals surface area (Å²) in [6.07, 6.45) is 0. The molecule has 0 saturated carbocycles. The van der Waals surface area contributed by atoms with Crippen LogP contribution in [0.2, 0.25) is 5.02 Å². The number of aromatic nitrogens is 1. The number of halogens is 1. The Hall–Kier alpha value is -2.82. The topological polar surface area (TPSA) is 39.3 Å². The predicted octanol–water partition coefficient (Wildman–Crippen LogP) is 5.42. The van der Waals surface area contributed by atoms with Crippen LogP contribution in [0.3, 0.4) is 0 Å². The van der Waals surface area contributed by atoms with Gasteiger partial charge < -0.3 is 9.88 Å². The second-order valence-electron chi connectivity index (χ2n) is 8.43. The number of carbonyl (C=O) groups excluding carboxylic acids is 1. The fraction of sp³-hybridized carbons (Fsp3) is 0.269. The maximum atomic E-state index is 13.2. The molecule has 5 rings (SSSR count). The summed E-state index contributed by atoms with van der Waals surface area (Å²) in [5.74, 6) is 0.0398. The number of amides is 1. The SMILES string of the molecule is C[C@H](C(=O)N1CCN(Cc2ccccc2)CC1)c1ccc2c(c1)[nH]c1ccc(Cl)cc12. The number of aromatic amines is 1. The average Bonchev–Trinajstić information content (AvgIpc) is 3.16. The number of piperazine rings is 1. The number of rotatable bonds is 4. The van der Waals surface area contributed by atoms with Crippen molar-refractivity contribution in [1.29, 1.82) is 0 Å². The van der Waals surface area contributed by atoms with Crippen molar-refractivity contribution < 1.29 is 4.79 Å². The van der Waals surface area contributed by atoms with E-state index in [-0.39, 0.29) is 11.8 Å². The third-order valence-corrected chi connectivity index (χ3v) is 6.62. The molecular weight excluding hydrogens is 406 g/mol. The molecule has 1 aliphatic heterocycles. The number of hydrogen-bond donors (Lipinski definition) is 1. The molecule has 4 nitrogen and oxygen atoms in total. The van der Waals surface area contributed by atoms with E-state index in [1.54, 1.807) is 0 Å². The fourth-order valence-corrected chi connectivity index (χ4v) is 4.72. The number of nitrogens with zero attached hydrogens (tertiary/aromatic N) is 2. The van der Waals surface area contributed by atoms with Crippen molar-refractivity contribution in [2.45, 2.75) is 19.4 Å². The Morgan fingerprint density at radius 2 is 1.71 bits per heavy atom. The van der Waals surface area contributed by atoms with Crippen molar-refractivity contribution in [2.75, 3.05) is 26.2 Å². The lowest BCUT2D eigenvalue weighted by Crippen LogP contribution is -2.49. The Bertz CT molecular complexity index is 1230. The summed E-state index contributed by atoms with van der Waals surface area (Å²) in [5, 5.41) is 2.98. The van der Waals surface area contributed by atoms with Gasteiger partial charge in [0.15, 0.2) is 0 Å². The van der Waals surface area contributed by atoms with Crippen LogP contribution in [0, 0.1) is 0 Å². The molecule has 1 atom stereocenters. The molecule has 1 saturated heterocycles. The lowest BCUT2D eigenvalue weighted by Gasteiger charge is -2.36. The molecule has 1 fully saturated rings. The highest BCUT2D eigenvalue weighted by Gasteiger charge is 2.26. The van der Waals surface area contributed by atoms with Crippen molar-refractivity contribution in [3.63, 3.8) is 0 Å². The quantitative estimate of drug-likeness (QED) is 0.468. The molecule has 0 radical (unpaired) electrons. The summed E-state index contributed by atoms with van der Waals surface area (Å²) >= 11 is 6.17. The van der Waals surface area contributed by atoms with Crippen molar-refractivity contribution in [2.24, 2.45) is 0 Å². The molecule has 158 valence electrons. The van der Waals surface area contributed by atoms with E-state index >= 15 is 0 Å². The van der Waals surface area contributed by atoms with Gasteiger partial charge >= 0.3 is 0 Å². The van der Waals surface area contributed by atoms with Crippen molar-refractivity contribution in [1.82, 2.24) is 14.8 Å². The zero-order chi connectivity index (χ0) is 21.4. The van der Waals surface area contributed by atoms with E-state index in [0.29, 0.717) is 0 Å². The van der Waals surface area contributed by atoms with Crippen LogP contribution in [0.15, 0.2) is 66.7 Å². The van der Waals surface area contributed by atoms with Crippen LogP contribution in [-0.2, 0) is 11.3 Å². The van der Waals surface area contributed by atoms with Gasteiger partial charge in [-0.25, -0.2) is 0 Å². The minimum Gasteiger partial charge on any atom is -0.355 e. The van der Waals surface area contributed by atoms with Crippen molar-refractivity contribution in [3.05, 3.63) is 82.9 Å². The zero-order valence-corrected chi connectivity index (χ0v) is 18.4. The van der Waals surface area contributed by atoms with Crippen molar-refractivity contribution >= 4 is 39.3 Å². The van der Waals surface area contributed by atoms with E-state index in [9.17, 15) is 4.79 Å². The number of fused-ring (bicyclic) bond motifs is 3. The van der Waals surface area contributed by atoms with Gasteiger partial charge in [-0.15, -0.1) is 0 Å². The molecule has 1 aliphatic rings. The highest BCUT2D eigenvalue weighted by atomic mass is 35.5. The van der Waals surface area contributed by atoms with Crippen LogP contribution in [0.5, 0.6) is 0 Å². The van der Waals surface area contributed by atoms with Gasteiger partial charge in [-0.3, -0.25) is 9.69 Å². The highest BCUT2D eigenvalue weighted by Crippen LogP contribution is 2.30. The van der Waals surface area contributed by atoms with Crippen LogP contribution in [0.25, 0.3) is 21.8 Å². The van der Waals surface area contributed by atoms with Crippen LogP contribution in [-0.4, -0.2) is 46.9 Å². The summed E-state index contributed by atoms with van der Waals surface area (Å²) < 4.78 is 0. The van der Waals surface area contributed by atoms with Crippen LogP contribution in [0.4, 0.5) is 0 Å². The van der Waals surface area contributed by atoms with Gasteiger partial charge in [0.25, 0.3) is 0 Å². The van der Waals surface area contributed by atoms with E-state index < -0.39 is 0 Å². The number of hydrogen-bond acceptors (Lipinski definition) is 2. The molecule has 1 N–H and O–H groups in total. The van der Waals surface area contributed by atoms with E-state index in [1.807, 2.05) is 36.1 Å². The first-order chi connectivity index (χ1) is 15.1. The Labute approximate surface area is 187 Å². The monoisotopic (exact) mass is 431 g/mol. The number of H-pyrrole nitrogens is 1. The molecule has 0 bridgehead atoms. The van der Waals surface area contributed by atoms with Crippen LogP contribution < -0.4 is 0 Å². The minimum absolute atomic E-state index is 0.167. The van der Waals surface area contributed by atoms with Gasteiger partial charge in [-0.2, -0.15) is 0 Å². The minimum atomic E-state index is -0.167. The Balaban J connectivity index is 1.27. The molecule has 0 spiro atoms. The van der Waals surface area contributed by atoms with Crippen LogP contribution in [0.1, 0.15) is 24.0 Å².